The van der Waals surface area contributed by atoms with Crippen LogP contribution < -0.4 is 5.32 Å². The molecule has 1 N–H and O–H groups in total. The van der Waals surface area contributed by atoms with Gasteiger partial charge in [0.15, 0.2) is 0 Å². The Morgan fingerprint density at radius 1 is 1.11 bits per heavy atom. The molecular formula is C20H25FN2O3S. The van der Waals surface area contributed by atoms with Gasteiger partial charge in [-0.25, -0.2) is 17.1 Å². The van der Waals surface area contributed by atoms with Crippen molar-refractivity contribution in [3.05, 3.63) is 59.4 Å². The van der Waals surface area contributed by atoms with Gasteiger partial charge in [0, 0.05) is 24.8 Å². The highest BCUT2D eigenvalue weighted by molar-refractivity contribution is 7.89. The number of sulfonamides is 1. The molecule has 2 rings (SSSR count). The molecule has 0 heterocycles. The molecule has 2 aromatic carbocycles. The average Bonchev–Trinajstić information content (AvgIpc) is 2.66. The number of carbonyl (C=O) groups excluding carboxylic acids is 1. The van der Waals surface area contributed by atoms with E-state index in [-0.39, 0.29) is 5.56 Å². The number of benzene rings is 2. The molecule has 7 heteroatoms. The highest BCUT2D eigenvalue weighted by atomic mass is 32.2. The lowest BCUT2D eigenvalue weighted by Crippen LogP contribution is -2.29. The Hall–Kier alpha value is -2.25. The Bertz CT molecular complexity index is 896. The van der Waals surface area contributed by atoms with E-state index in [2.05, 4.69) is 5.32 Å². The van der Waals surface area contributed by atoms with Crippen molar-refractivity contribution in [1.82, 2.24) is 4.31 Å². The van der Waals surface area contributed by atoms with E-state index < -0.39 is 26.6 Å². The van der Waals surface area contributed by atoms with Crippen molar-refractivity contribution >= 4 is 21.6 Å². The number of hydrogen-bond donors (Lipinski definition) is 1. The smallest absolute Gasteiger partial charge is 0.255 e. The van der Waals surface area contributed by atoms with E-state index in [0.717, 1.165) is 34.8 Å². The van der Waals surface area contributed by atoms with E-state index >= 15 is 0 Å². The molecule has 0 aliphatic heterocycles. The Balaban J connectivity index is 2.26. The zero-order valence-electron chi connectivity index (χ0n) is 15.8. The minimum atomic E-state index is -4.00. The Kier molecular flexibility index (Phi) is 7.10. The van der Waals surface area contributed by atoms with Crippen LogP contribution in [-0.2, 0) is 16.4 Å². The number of nitrogens with one attached hydrogen (secondary N) is 1. The van der Waals surface area contributed by atoms with Crippen LogP contribution in [0.15, 0.2) is 47.4 Å². The van der Waals surface area contributed by atoms with Gasteiger partial charge >= 0.3 is 0 Å². The van der Waals surface area contributed by atoms with Gasteiger partial charge in [-0.1, -0.05) is 32.4 Å². The van der Waals surface area contributed by atoms with Gasteiger partial charge in [-0.2, -0.15) is 0 Å². The van der Waals surface area contributed by atoms with E-state index in [1.54, 1.807) is 12.1 Å². The van der Waals surface area contributed by atoms with Crippen LogP contribution in [-0.4, -0.2) is 32.2 Å². The predicted octanol–water partition coefficient (Wildman–Crippen LogP) is 4.06. The Morgan fingerprint density at radius 3 is 2.37 bits per heavy atom. The molecule has 2 aromatic rings. The zero-order chi connectivity index (χ0) is 20.0. The van der Waals surface area contributed by atoms with E-state index in [0.29, 0.717) is 18.7 Å². The van der Waals surface area contributed by atoms with Gasteiger partial charge in [0.25, 0.3) is 5.91 Å². The molecule has 0 spiro atoms. The van der Waals surface area contributed by atoms with Crippen molar-refractivity contribution in [2.45, 2.75) is 38.0 Å². The van der Waals surface area contributed by atoms with Gasteiger partial charge in [0.05, 0.1) is 0 Å². The summed E-state index contributed by atoms with van der Waals surface area (Å²) in [6.45, 7) is 4.27. The topological polar surface area (TPSA) is 66.5 Å². The SMILES string of the molecule is CCCCN(C)S(=O)(=O)c1cc(C(=O)Nc2ccc(CC)cc2)ccc1F. The van der Waals surface area contributed by atoms with Crippen LogP contribution in [0.2, 0.25) is 0 Å². The highest BCUT2D eigenvalue weighted by Gasteiger charge is 2.25. The van der Waals surface area contributed by atoms with Crippen LogP contribution in [0.4, 0.5) is 10.1 Å². The molecule has 0 aromatic heterocycles. The van der Waals surface area contributed by atoms with Crippen molar-refractivity contribution in [3.8, 4) is 0 Å². The third-order valence-corrected chi connectivity index (χ3v) is 6.20. The lowest BCUT2D eigenvalue weighted by molar-refractivity contribution is 0.102. The fraction of sp³-hybridized carbons (Fsp3) is 0.350. The average molecular weight is 392 g/mol. The van der Waals surface area contributed by atoms with Crippen molar-refractivity contribution in [2.75, 3.05) is 18.9 Å². The summed E-state index contributed by atoms with van der Waals surface area (Å²) in [6, 6.07) is 10.7. The van der Waals surface area contributed by atoms with E-state index in [1.165, 1.54) is 13.1 Å². The van der Waals surface area contributed by atoms with Crippen molar-refractivity contribution < 1.29 is 17.6 Å². The summed E-state index contributed by atoms with van der Waals surface area (Å²) in [5.74, 6) is -1.37. The summed E-state index contributed by atoms with van der Waals surface area (Å²) in [6.07, 6.45) is 2.38. The van der Waals surface area contributed by atoms with Crippen LogP contribution in [0, 0.1) is 5.82 Å². The Labute approximate surface area is 160 Å². The summed E-state index contributed by atoms with van der Waals surface area (Å²) < 4.78 is 40.5. The molecule has 27 heavy (non-hydrogen) atoms. The lowest BCUT2D eigenvalue weighted by atomic mass is 10.1. The number of hydrogen-bond acceptors (Lipinski definition) is 3. The second-order valence-electron chi connectivity index (χ2n) is 6.33. The second-order valence-corrected chi connectivity index (χ2v) is 8.34. The molecule has 1 amide bonds. The summed E-state index contributed by atoms with van der Waals surface area (Å²) in [4.78, 5) is 12.0. The molecule has 146 valence electrons. The first-order valence-electron chi connectivity index (χ1n) is 8.95. The first-order chi connectivity index (χ1) is 12.8. The van der Waals surface area contributed by atoms with Crippen LogP contribution in [0.25, 0.3) is 0 Å². The van der Waals surface area contributed by atoms with Gasteiger partial charge < -0.3 is 5.32 Å². The first-order valence-corrected chi connectivity index (χ1v) is 10.4. The minimum Gasteiger partial charge on any atom is -0.322 e. The maximum atomic E-state index is 14.2. The standard InChI is InChI=1S/C20H25FN2O3S/c1-4-6-13-23(3)27(25,26)19-14-16(9-12-18(19)21)20(24)22-17-10-7-15(5-2)8-11-17/h7-12,14H,4-6,13H2,1-3H3,(H,22,24). The zero-order valence-corrected chi connectivity index (χ0v) is 16.6. The fourth-order valence-corrected chi connectivity index (χ4v) is 3.83. The fourth-order valence-electron chi connectivity index (χ4n) is 2.54. The minimum absolute atomic E-state index is 0.0819. The molecule has 0 saturated carbocycles. The summed E-state index contributed by atoms with van der Waals surface area (Å²) in [7, 11) is -2.59. The van der Waals surface area contributed by atoms with Gasteiger partial charge in [-0.05, 0) is 48.7 Å². The number of halogens is 1. The number of nitrogens with zero attached hydrogens (tertiary/aromatic N) is 1. The van der Waals surface area contributed by atoms with Crippen molar-refractivity contribution in [3.63, 3.8) is 0 Å². The van der Waals surface area contributed by atoms with Gasteiger partial charge in [0.2, 0.25) is 10.0 Å². The van der Waals surface area contributed by atoms with E-state index in [1.807, 2.05) is 26.0 Å². The van der Waals surface area contributed by atoms with Gasteiger partial charge in [0.1, 0.15) is 10.7 Å². The van der Waals surface area contributed by atoms with Gasteiger partial charge in [-0.15, -0.1) is 0 Å². The number of carbonyl (C=O) groups is 1. The second kappa shape index (κ2) is 9.10. The summed E-state index contributed by atoms with van der Waals surface area (Å²) in [5, 5.41) is 2.70. The highest BCUT2D eigenvalue weighted by Crippen LogP contribution is 2.21. The number of aryl methyl sites for hydroxylation is 1. The van der Waals surface area contributed by atoms with Gasteiger partial charge in [-0.3, -0.25) is 4.79 Å². The third kappa shape index (κ3) is 5.14. The number of amides is 1. The molecule has 0 unspecified atom stereocenters. The molecular weight excluding hydrogens is 367 g/mol. The molecule has 0 atom stereocenters. The van der Waals surface area contributed by atoms with Crippen molar-refractivity contribution in [2.24, 2.45) is 0 Å². The molecule has 0 aliphatic rings. The number of anilines is 1. The largest absolute Gasteiger partial charge is 0.322 e. The molecule has 5 nitrogen and oxygen atoms in total. The van der Waals surface area contributed by atoms with Crippen LogP contribution in [0.3, 0.4) is 0 Å². The first kappa shape index (κ1) is 21.1. The van der Waals surface area contributed by atoms with Crippen LogP contribution in [0.1, 0.15) is 42.6 Å². The number of unbranched alkanes of at least 4 members (excludes halogenated alkanes) is 1. The third-order valence-electron chi connectivity index (χ3n) is 4.33. The molecule has 0 saturated heterocycles. The molecule has 0 radical (unpaired) electrons. The quantitative estimate of drug-likeness (QED) is 0.737. The lowest BCUT2D eigenvalue weighted by Gasteiger charge is -2.17. The maximum Gasteiger partial charge on any atom is 0.255 e. The molecule has 0 aliphatic carbocycles. The molecule has 0 bridgehead atoms. The van der Waals surface area contributed by atoms with Crippen LogP contribution in [0.5, 0.6) is 0 Å². The van der Waals surface area contributed by atoms with Crippen molar-refractivity contribution in [1.29, 1.82) is 0 Å². The Morgan fingerprint density at radius 2 is 1.78 bits per heavy atom. The normalized spacial score (nSPS) is 11.6. The maximum absolute atomic E-state index is 14.2. The van der Waals surface area contributed by atoms with E-state index in [9.17, 15) is 17.6 Å². The van der Waals surface area contributed by atoms with Crippen LogP contribution >= 0.6 is 0 Å². The predicted molar refractivity (Wildman–Crippen MR) is 105 cm³/mol. The van der Waals surface area contributed by atoms with E-state index in [4.69, 9.17) is 0 Å². The molecule has 0 fully saturated rings. The number of rotatable bonds is 8. The summed E-state index contributed by atoms with van der Waals surface area (Å²) in [5.41, 5.74) is 1.81. The summed E-state index contributed by atoms with van der Waals surface area (Å²) >= 11 is 0. The monoisotopic (exact) mass is 392 g/mol.